The average molecular weight is 255 g/mol. The Bertz CT molecular complexity index is 532. The average Bonchev–Trinajstić information content (AvgIpc) is 2.27. The number of aryl methyl sites for hydroxylation is 1. The summed E-state index contributed by atoms with van der Waals surface area (Å²) < 4.78 is 0. The quantitative estimate of drug-likeness (QED) is 0.529. The Labute approximate surface area is 103 Å². The summed E-state index contributed by atoms with van der Waals surface area (Å²) in [6, 6.07) is -0.313. The van der Waals surface area contributed by atoms with E-state index in [1.807, 2.05) is 0 Å². The maximum Gasteiger partial charge on any atom is 0.325 e. The third-order valence-electron chi connectivity index (χ3n) is 2.54. The van der Waals surface area contributed by atoms with E-state index < -0.39 is 11.2 Å². The molecule has 1 atom stereocenters. The van der Waals surface area contributed by atoms with Gasteiger partial charge in [-0.3, -0.25) is 14.6 Å². The second-order valence-electron chi connectivity index (χ2n) is 4.16. The molecule has 0 unspecified atom stereocenters. The normalized spacial score (nSPS) is 12.2. The van der Waals surface area contributed by atoms with Gasteiger partial charge < -0.3 is 15.4 Å². The van der Waals surface area contributed by atoms with Crippen molar-refractivity contribution >= 4 is 5.91 Å². The summed E-state index contributed by atoms with van der Waals surface area (Å²) in [4.78, 5) is 38.5. The molecule has 1 amide bonds. The summed E-state index contributed by atoms with van der Waals surface area (Å²) in [6.07, 6.45) is 0.363. The lowest BCUT2D eigenvalue weighted by Gasteiger charge is -2.10. The molecule has 0 saturated heterocycles. The summed E-state index contributed by atoms with van der Waals surface area (Å²) in [6.45, 7) is 3.15. The first-order chi connectivity index (χ1) is 8.43. The Morgan fingerprint density at radius 2 is 2.06 bits per heavy atom. The molecule has 0 spiro atoms. The molecular formula is C11H17N3O4. The van der Waals surface area contributed by atoms with Crippen molar-refractivity contribution in [1.82, 2.24) is 15.3 Å². The van der Waals surface area contributed by atoms with Crippen LogP contribution in [0, 0.1) is 6.92 Å². The highest BCUT2D eigenvalue weighted by Crippen LogP contribution is 2.00. The number of carbonyl (C=O) groups is 1. The largest absolute Gasteiger partial charge is 0.394 e. The first-order valence-electron chi connectivity index (χ1n) is 5.66. The number of hydrogen-bond acceptors (Lipinski definition) is 4. The minimum atomic E-state index is -0.556. The van der Waals surface area contributed by atoms with Crippen LogP contribution in [-0.4, -0.2) is 33.6 Å². The zero-order valence-corrected chi connectivity index (χ0v) is 10.4. The van der Waals surface area contributed by atoms with Gasteiger partial charge in [0.2, 0.25) is 5.91 Å². The molecule has 1 heterocycles. The molecule has 1 rings (SSSR count). The monoisotopic (exact) mass is 255 g/mol. The number of H-pyrrole nitrogens is 2. The Kier molecular flexibility index (Phi) is 4.85. The van der Waals surface area contributed by atoms with Crippen molar-refractivity contribution in [2.45, 2.75) is 32.7 Å². The van der Waals surface area contributed by atoms with Gasteiger partial charge in [0.15, 0.2) is 0 Å². The fourth-order valence-corrected chi connectivity index (χ4v) is 1.56. The van der Waals surface area contributed by atoms with Gasteiger partial charge in [-0.25, -0.2) is 4.79 Å². The van der Waals surface area contributed by atoms with Crippen molar-refractivity contribution in [3.63, 3.8) is 0 Å². The molecule has 0 bridgehead atoms. The number of carbonyl (C=O) groups excluding carboxylic acids is 1. The highest BCUT2D eigenvalue weighted by molar-refractivity contribution is 5.76. The molecule has 4 N–H and O–H groups in total. The third-order valence-corrected chi connectivity index (χ3v) is 2.54. The summed E-state index contributed by atoms with van der Waals surface area (Å²) in [7, 11) is 0. The third kappa shape index (κ3) is 3.85. The Morgan fingerprint density at radius 3 is 2.61 bits per heavy atom. The van der Waals surface area contributed by atoms with Crippen LogP contribution in [0.2, 0.25) is 0 Å². The standard InChI is InChI=1S/C11H17N3O4/c1-6(5-15)12-9(16)4-3-8-7(2)13-11(18)14-10(8)17/h6,15H,3-5H2,1-2H3,(H,12,16)(H2,13,14,17,18)/t6-/m0/s1. The molecular weight excluding hydrogens is 238 g/mol. The topological polar surface area (TPSA) is 115 Å². The smallest absolute Gasteiger partial charge is 0.325 e. The molecule has 7 nitrogen and oxygen atoms in total. The van der Waals surface area contributed by atoms with Crippen LogP contribution in [0.5, 0.6) is 0 Å². The van der Waals surface area contributed by atoms with Gasteiger partial charge in [0.05, 0.1) is 6.61 Å². The van der Waals surface area contributed by atoms with Crippen molar-refractivity contribution in [3.05, 3.63) is 32.1 Å². The molecule has 0 fully saturated rings. The van der Waals surface area contributed by atoms with Gasteiger partial charge in [-0.2, -0.15) is 0 Å². The van der Waals surface area contributed by atoms with Gasteiger partial charge in [-0.05, 0) is 20.3 Å². The number of aliphatic hydroxyl groups is 1. The van der Waals surface area contributed by atoms with E-state index in [0.29, 0.717) is 11.3 Å². The molecule has 0 saturated carbocycles. The predicted molar refractivity (Wildman–Crippen MR) is 65.4 cm³/mol. The lowest BCUT2D eigenvalue weighted by atomic mass is 10.1. The van der Waals surface area contributed by atoms with E-state index in [1.54, 1.807) is 13.8 Å². The number of aromatic nitrogens is 2. The van der Waals surface area contributed by atoms with E-state index in [-0.39, 0.29) is 31.4 Å². The number of rotatable bonds is 5. The maximum absolute atomic E-state index is 11.5. The summed E-state index contributed by atoms with van der Waals surface area (Å²) in [5.74, 6) is -0.249. The molecule has 0 aliphatic heterocycles. The number of aromatic amines is 2. The van der Waals surface area contributed by atoms with Crippen molar-refractivity contribution in [3.8, 4) is 0 Å². The minimum Gasteiger partial charge on any atom is -0.394 e. The second-order valence-corrected chi connectivity index (χ2v) is 4.16. The highest BCUT2D eigenvalue weighted by atomic mass is 16.3. The van der Waals surface area contributed by atoms with Crippen LogP contribution in [0.3, 0.4) is 0 Å². The van der Waals surface area contributed by atoms with E-state index in [0.717, 1.165) is 0 Å². The summed E-state index contributed by atoms with van der Waals surface area (Å²) >= 11 is 0. The lowest BCUT2D eigenvalue weighted by Crippen LogP contribution is -2.35. The predicted octanol–water partition coefficient (Wildman–Crippen LogP) is -1.20. The molecule has 1 aromatic heterocycles. The zero-order chi connectivity index (χ0) is 13.7. The van der Waals surface area contributed by atoms with Crippen LogP contribution in [0.1, 0.15) is 24.6 Å². The van der Waals surface area contributed by atoms with E-state index in [9.17, 15) is 14.4 Å². The zero-order valence-electron chi connectivity index (χ0n) is 10.4. The van der Waals surface area contributed by atoms with Gasteiger partial charge in [0.1, 0.15) is 0 Å². The number of amides is 1. The van der Waals surface area contributed by atoms with Gasteiger partial charge in [0.25, 0.3) is 5.56 Å². The Balaban J connectivity index is 2.67. The van der Waals surface area contributed by atoms with E-state index in [1.165, 1.54) is 0 Å². The van der Waals surface area contributed by atoms with Crippen molar-refractivity contribution in [1.29, 1.82) is 0 Å². The van der Waals surface area contributed by atoms with E-state index >= 15 is 0 Å². The van der Waals surface area contributed by atoms with Crippen molar-refractivity contribution < 1.29 is 9.90 Å². The molecule has 0 radical (unpaired) electrons. The summed E-state index contributed by atoms with van der Waals surface area (Å²) in [5.41, 5.74) is -0.174. The Morgan fingerprint density at radius 1 is 1.39 bits per heavy atom. The van der Waals surface area contributed by atoms with Crippen LogP contribution in [-0.2, 0) is 11.2 Å². The number of aliphatic hydroxyl groups excluding tert-OH is 1. The molecule has 100 valence electrons. The van der Waals surface area contributed by atoms with E-state index in [4.69, 9.17) is 5.11 Å². The second kappa shape index (κ2) is 6.15. The lowest BCUT2D eigenvalue weighted by molar-refractivity contribution is -0.121. The highest BCUT2D eigenvalue weighted by Gasteiger charge is 2.10. The SMILES string of the molecule is Cc1[nH]c(=O)[nH]c(=O)c1CCC(=O)N[C@@H](C)CO. The molecule has 0 aromatic carbocycles. The molecule has 0 aliphatic rings. The van der Waals surface area contributed by atoms with Gasteiger partial charge in [0, 0.05) is 23.7 Å². The van der Waals surface area contributed by atoms with Gasteiger partial charge in [-0.1, -0.05) is 0 Å². The van der Waals surface area contributed by atoms with Crippen LogP contribution < -0.4 is 16.6 Å². The van der Waals surface area contributed by atoms with Gasteiger partial charge >= 0.3 is 5.69 Å². The van der Waals surface area contributed by atoms with Crippen LogP contribution >= 0.6 is 0 Å². The molecule has 7 heteroatoms. The maximum atomic E-state index is 11.5. The number of hydrogen-bond donors (Lipinski definition) is 4. The Hall–Kier alpha value is -1.89. The van der Waals surface area contributed by atoms with Crippen molar-refractivity contribution in [2.24, 2.45) is 0 Å². The van der Waals surface area contributed by atoms with Gasteiger partial charge in [-0.15, -0.1) is 0 Å². The number of nitrogens with one attached hydrogen (secondary N) is 3. The molecule has 0 aliphatic carbocycles. The first-order valence-corrected chi connectivity index (χ1v) is 5.66. The fraction of sp³-hybridized carbons (Fsp3) is 0.545. The van der Waals surface area contributed by atoms with Crippen LogP contribution in [0.25, 0.3) is 0 Å². The fourth-order valence-electron chi connectivity index (χ4n) is 1.56. The summed E-state index contributed by atoms with van der Waals surface area (Å²) in [5, 5.41) is 11.4. The van der Waals surface area contributed by atoms with E-state index in [2.05, 4.69) is 15.3 Å². The molecule has 1 aromatic rings. The first kappa shape index (κ1) is 14.2. The van der Waals surface area contributed by atoms with Crippen LogP contribution in [0.4, 0.5) is 0 Å². The minimum absolute atomic E-state index is 0.125. The molecule has 18 heavy (non-hydrogen) atoms. The van der Waals surface area contributed by atoms with Crippen LogP contribution in [0.15, 0.2) is 9.59 Å². The van der Waals surface area contributed by atoms with Crippen molar-refractivity contribution in [2.75, 3.05) is 6.61 Å².